The van der Waals surface area contributed by atoms with E-state index in [1.165, 1.54) is 17.8 Å². The van der Waals surface area contributed by atoms with Gasteiger partial charge < -0.3 is 5.73 Å². The molecule has 1 atom stereocenters. The Hall–Kier alpha value is -1.26. The van der Waals surface area contributed by atoms with Gasteiger partial charge >= 0.3 is 0 Å². The van der Waals surface area contributed by atoms with Crippen molar-refractivity contribution in [3.8, 4) is 0 Å². The van der Waals surface area contributed by atoms with E-state index in [0.717, 1.165) is 25.0 Å². The predicted octanol–water partition coefficient (Wildman–Crippen LogP) is 3.48. The van der Waals surface area contributed by atoms with Crippen molar-refractivity contribution in [2.45, 2.75) is 31.7 Å². The van der Waals surface area contributed by atoms with E-state index >= 15 is 0 Å². The second-order valence-electron chi connectivity index (χ2n) is 4.50. The van der Waals surface area contributed by atoms with Crippen molar-refractivity contribution in [3.63, 3.8) is 0 Å². The van der Waals surface area contributed by atoms with Crippen molar-refractivity contribution in [1.82, 2.24) is 4.98 Å². The van der Waals surface area contributed by atoms with Crippen LogP contribution in [0.2, 0.25) is 0 Å². The number of pyridine rings is 1. The van der Waals surface area contributed by atoms with Gasteiger partial charge in [-0.3, -0.25) is 4.98 Å². The third-order valence-electron chi connectivity index (χ3n) is 3.31. The van der Waals surface area contributed by atoms with Crippen LogP contribution in [-0.2, 0) is 12.0 Å². The van der Waals surface area contributed by atoms with Crippen LogP contribution in [0.3, 0.4) is 0 Å². The topological polar surface area (TPSA) is 38.9 Å². The Morgan fingerprint density at radius 2 is 2.22 bits per heavy atom. The van der Waals surface area contributed by atoms with Gasteiger partial charge in [0, 0.05) is 0 Å². The van der Waals surface area contributed by atoms with E-state index in [1.54, 1.807) is 17.4 Å². The summed E-state index contributed by atoms with van der Waals surface area (Å²) in [5.41, 5.74) is 7.99. The van der Waals surface area contributed by atoms with Gasteiger partial charge in [-0.15, -0.1) is 0 Å². The third-order valence-corrected chi connectivity index (χ3v) is 4.04. The summed E-state index contributed by atoms with van der Waals surface area (Å²) in [6.45, 7) is 2.04. The minimum atomic E-state index is -0.477. The molecule has 0 aliphatic heterocycles. The molecule has 4 heteroatoms. The fourth-order valence-electron chi connectivity index (χ4n) is 1.96. The Morgan fingerprint density at radius 1 is 1.39 bits per heavy atom. The quantitative estimate of drug-likeness (QED) is 0.898. The summed E-state index contributed by atoms with van der Waals surface area (Å²) >= 11 is 1.69. The molecule has 0 aliphatic carbocycles. The Balaban J connectivity index is 2.12. The van der Waals surface area contributed by atoms with Gasteiger partial charge in [-0.05, 0) is 53.8 Å². The molecule has 18 heavy (non-hydrogen) atoms. The fourth-order valence-corrected chi connectivity index (χ4v) is 2.66. The smallest absolute Gasteiger partial charge is 0.141 e. The molecule has 2 aromatic rings. The molecule has 96 valence electrons. The zero-order chi connectivity index (χ0) is 13.0. The van der Waals surface area contributed by atoms with E-state index in [9.17, 15) is 4.39 Å². The van der Waals surface area contributed by atoms with Crippen molar-refractivity contribution in [3.05, 3.63) is 52.2 Å². The standard InChI is InChI=1S/C14H17FN2S/c1-2-14(16,7-5-11-6-8-18-10-11)13-4-3-12(15)9-17-13/h3-4,6,8-10H,2,5,7,16H2,1H3. The summed E-state index contributed by atoms with van der Waals surface area (Å²) in [5, 5.41) is 4.20. The van der Waals surface area contributed by atoms with Crippen LogP contribution in [0.5, 0.6) is 0 Å². The number of nitrogens with two attached hydrogens (primary N) is 1. The largest absolute Gasteiger partial charge is 0.320 e. The van der Waals surface area contributed by atoms with E-state index in [1.807, 2.05) is 6.92 Å². The second kappa shape index (κ2) is 5.59. The van der Waals surface area contributed by atoms with Gasteiger partial charge in [-0.1, -0.05) is 6.92 Å². The van der Waals surface area contributed by atoms with E-state index in [4.69, 9.17) is 5.73 Å². The van der Waals surface area contributed by atoms with Crippen LogP contribution in [0.1, 0.15) is 31.0 Å². The molecule has 0 fully saturated rings. The first-order chi connectivity index (χ1) is 8.64. The summed E-state index contributed by atoms with van der Waals surface area (Å²) in [5.74, 6) is -0.324. The van der Waals surface area contributed by atoms with Crippen molar-refractivity contribution in [2.24, 2.45) is 5.73 Å². The Kier molecular flexibility index (Phi) is 4.09. The van der Waals surface area contributed by atoms with Gasteiger partial charge in [0.1, 0.15) is 5.82 Å². The van der Waals surface area contributed by atoms with Crippen molar-refractivity contribution >= 4 is 11.3 Å². The first-order valence-corrected chi connectivity index (χ1v) is 7.00. The van der Waals surface area contributed by atoms with E-state index in [-0.39, 0.29) is 5.82 Å². The Labute approximate surface area is 111 Å². The average Bonchev–Trinajstić information content (AvgIpc) is 2.90. The highest BCUT2D eigenvalue weighted by Crippen LogP contribution is 2.26. The monoisotopic (exact) mass is 264 g/mol. The van der Waals surface area contributed by atoms with Crippen LogP contribution in [0, 0.1) is 5.82 Å². The molecule has 0 aromatic carbocycles. The second-order valence-corrected chi connectivity index (χ2v) is 5.28. The normalized spacial score (nSPS) is 14.4. The number of hydrogen-bond acceptors (Lipinski definition) is 3. The van der Waals surface area contributed by atoms with Crippen molar-refractivity contribution in [1.29, 1.82) is 0 Å². The molecule has 1 unspecified atom stereocenters. The highest BCUT2D eigenvalue weighted by molar-refractivity contribution is 7.07. The molecule has 2 rings (SSSR count). The summed E-state index contributed by atoms with van der Waals surface area (Å²) in [7, 11) is 0. The minimum absolute atomic E-state index is 0.324. The minimum Gasteiger partial charge on any atom is -0.320 e. The number of nitrogens with zero attached hydrogens (tertiary/aromatic N) is 1. The van der Waals surface area contributed by atoms with Gasteiger partial charge in [0.2, 0.25) is 0 Å². The summed E-state index contributed by atoms with van der Waals surface area (Å²) in [6, 6.07) is 5.22. The maximum atomic E-state index is 12.9. The molecule has 0 aliphatic rings. The number of hydrogen-bond donors (Lipinski definition) is 1. The zero-order valence-corrected chi connectivity index (χ0v) is 11.2. The van der Waals surface area contributed by atoms with Gasteiger partial charge in [0.25, 0.3) is 0 Å². The summed E-state index contributed by atoms with van der Waals surface area (Å²) in [4.78, 5) is 4.12. The lowest BCUT2D eigenvalue weighted by Crippen LogP contribution is -2.37. The fraction of sp³-hybridized carbons (Fsp3) is 0.357. The Bertz CT molecular complexity index is 481. The molecule has 0 saturated heterocycles. The van der Waals surface area contributed by atoms with Crippen LogP contribution >= 0.6 is 11.3 Å². The number of aromatic nitrogens is 1. The molecule has 0 saturated carbocycles. The number of rotatable bonds is 5. The molecule has 2 N–H and O–H groups in total. The summed E-state index contributed by atoms with van der Waals surface area (Å²) < 4.78 is 12.9. The number of aryl methyl sites for hydroxylation is 1. The number of halogens is 1. The maximum absolute atomic E-state index is 12.9. The lowest BCUT2D eigenvalue weighted by Gasteiger charge is -2.27. The lowest BCUT2D eigenvalue weighted by molar-refractivity contribution is 0.382. The average molecular weight is 264 g/mol. The first kappa shape index (κ1) is 13.2. The van der Waals surface area contributed by atoms with Gasteiger partial charge in [0.05, 0.1) is 17.4 Å². The molecule has 0 amide bonds. The molecule has 0 spiro atoms. The third kappa shape index (κ3) is 2.94. The predicted molar refractivity (Wildman–Crippen MR) is 73.0 cm³/mol. The zero-order valence-electron chi connectivity index (χ0n) is 10.4. The molecule has 0 radical (unpaired) electrons. The molecular weight excluding hydrogens is 247 g/mol. The van der Waals surface area contributed by atoms with Crippen LogP contribution < -0.4 is 5.73 Å². The molecular formula is C14H17FN2S. The first-order valence-electron chi connectivity index (χ1n) is 6.06. The molecule has 2 nitrogen and oxygen atoms in total. The SMILES string of the molecule is CCC(N)(CCc1ccsc1)c1ccc(F)cn1. The Morgan fingerprint density at radius 3 is 2.78 bits per heavy atom. The molecule has 2 aromatic heterocycles. The lowest BCUT2D eigenvalue weighted by atomic mass is 9.86. The van der Waals surface area contributed by atoms with E-state index in [0.29, 0.717) is 0 Å². The highest BCUT2D eigenvalue weighted by atomic mass is 32.1. The van der Waals surface area contributed by atoms with Crippen molar-refractivity contribution in [2.75, 3.05) is 0 Å². The van der Waals surface area contributed by atoms with E-state index in [2.05, 4.69) is 21.8 Å². The van der Waals surface area contributed by atoms with Crippen LogP contribution in [0.15, 0.2) is 35.2 Å². The van der Waals surface area contributed by atoms with Crippen LogP contribution in [0.25, 0.3) is 0 Å². The molecule has 0 bridgehead atoms. The van der Waals surface area contributed by atoms with Gasteiger partial charge in [-0.2, -0.15) is 11.3 Å². The highest BCUT2D eigenvalue weighted by Gasteiger charge is 2.26. The van der Waals surface area contributed by atoms with Gasteiger partial charge in [0.15, 0.2) is 0 Å². The van der Waals surface area contributed by atoms with Crippen LogP contribution in [-0.4, -0.2) is 4.98 Å². The van der Waals surface area contributed by atoms with Gasteiger partial charge in [-0.25, -0.2) is 4.39 Å². The summed E-state index contributed by atoms with van der Waals surface area (Å²) in [6.07, 6.45) is 3.76. The molecule has 2 heterocycles. The number of thiophene rings is 1. The van der Waals surface area contributed by atoms with E-state index < -0.39 is 5.54 Å². The van der Waals surface area contributed by atoms with Crippen LogP contribution in [0.4, 0.5) is 4.39 Å². The van der Waals surface area contributed by atoms with Crippen molar-refractivity contribution < 1.29 is 4.39 Å². The maximum Gasteiger partial charge on any atom is 0.141 e.